The first-order valence-corrected chi connectivity index (χ1v) is 10.2. The molecule has 3 aromatic carbocycles. The number of aryl methyl sites for hydroxylation is 2. The number of aromatic nitrogens is 3. The third-order valence-electron chi connectivity index (χ3n) is 5.28. The molecule has 8 nitrogen and oxygen atoms in total. The number of nitrogens with zero attached hydrogens (tertiary/aromatic N) is 2. The van der Waals surface area contributed by atoms with E-state index in [0.717, 1.165) is 14.5 Å². The van der Waals surface area contributed by atoms with Crippen LogP contribution in [0.1, 0.15) is 11.3 Å². The van der Waals surface area contributed by atoms with Gasteiger partial charge in [-0.2, -0.15) is 0 Å². The fraction of sp³-hybridized carbons (Fsp3) is 0.0800. The number of nitrogens with one attached hydrogen (secondary N) is 1. The van der Waals surface area contributed by atoms with E-state index in [4.69, 9.17) is 9.15 Å². The van der Waals surface area contributed by atoms with Crippen molar-refractivity contribution in [3.63, 3.8) is 0 Å². The Bertz CT molecular complexity index is 1670. The van der Waals surface area contributed by atoms with Gasteiger partial charge >= 0.3 is 17.1 Å². The molecule has 2 aromatic heterocycles. The number of benzene rings is 3. The average Bonchev–Trinajstić information content (AvgIpc) is 3.17. The van der Waals surface area contributed by atoms with Crippen LogP contribution in [0, 0.1) is 13.8 Å². The van der Waals surface area contributed by atoms with E-state index >= 15 is 0 Å². The van der Waals surface area contributed by atoms with Crippen LogP contribution < -0.4 is 21.8 Å². The standard InChI is InChI=1S/C25H19N3O5/c1-15-13-18(11-12-21(15)33-19-8-4-3-5-9-19)27-23(29)26-24(30)28(25(27)31)20-10-6-7-17-14-16(2)32-22(17)20/h3-14H,1-2H3,(H,26,29,30). The van der Waals surface area contributed by atoms with E-state index in [9.17, 15) is 14.4 Å². The molecule has 0 saturated carbocycles. The Morgan fingerprint density at radius 2 is 1.58 bits per heavy atom. The summed E-state index contributed by atoms with van der Waals surface area (Å²) in [5.41, 5.74) is -0.831. The third kappa shape index (κ3) is 3.57. The molecule has 0 aliphatic rings. The lowest BCUT2D eigenvalue weighted by molar-refractivity contribution is 0.478. The number of ether oxygens (including phenoxy) is 1. The first-order valence-electron chi connectivity index (χ1n) is 10.2. The Labute approximate surface area is 186 Å². The van der Waals surface area contributed by atoms with Crippen molar-refractivity contribution in [2.75, 3.05) is 0 Å². The number of hydrogen-bond acceptors (Lipinski definition) is 5. The Balaban J connectivity index is 1.66. The van der Waals surface area contributed by atoms with Crippen LogP contribution in [0.15, 0.2) is 91.6 Å². The lowest BCUT2D eigenvalue weighted by atomic mass is 10.2. The summed E-state index contributed by atoms with van der Waals surface area (Å²) in [5, 5.41) is 0.743. The molecule has 0 fully saturated rings. The highest BCUT2D eigenvalue weighted by molar-refractivity contribution is 5.85. The predicted octanol–water partition coefficient (Wildman–Crippen LogP) is 3.83. The fourth-order valence-corrected chi connectivity index (χ4v) is 3.77. The lowest BCUT2D eigenvalue weighted by Crippen LogP contribution is -2.48. The SMILES string of the molecule is Cc1cc2cccc(-n3c(=O)[nH]c(=O)n(-c4ccc(Oc5ccccc5)c(C)c4)c3=O)c2o1. The van der Waals surface area contributed by atoms with Gasteiger partial charge in [0.15, 0.2) is 5.58 Å². The number of fused-ring (bicyclic) bond motifs is 1. The van der Waals surface area contributed by atoms with Crippen LogP contribution in [-0.4, -0.2) is 14.1 Å². The maximum Gasteiger partial charge on any atom is 0.345 e. The predicted molar refractivity (Wildman–Crippen MR) is 124 cm³/mol. The zero-order valence-electron chi connectivity index (χ0n) is 17.9. The van der Waals surface area contributed by atoms with E-state index < -0.39 is 17.1 Å². The molecule has 0 amide bonds. The van der Waals surface area contributed by atoms with Gasteiger partial charge in [0.2, 0.25) is 0 Å². The Kier molecular flexibility index (Phi) is 4.82. The van der Waals surface area contributed by atoms with Crippen molar-refractivity contribution in [2.24, 2.45) is 0 Å². The van der Waals surface area contributed by atoms with Crippen LogP contribution in [0.25, 0.3) is 22.3 Å². The summed E-state index contributed by atoms with van der Waals surface area (Å²) < 4.78 is 13.4. The molecule has 0 bridgehead atoms. The van der Waals surface area contributed by atoms with Gasteiger partial charge in [0.1, 0.15) is 17.3 Å². The Morgan fingerprint density at radius 1 is 0.818 bits per heavy atom. The van der Waals surface area contributed by atoms with E-state index in [0.29, 0.717) is 34.1 Å². The maximum absolute atomic E-state index is 13.4. The van der Waals surface area contributed by atoms with E-state index in [2.05, 4.69) is 4.98 Å². The zero-order chi connectivity index (χ0) is 23.1. The van der Waals surface area contributed by atoms with Gasteiger partial charge in [0.05, 0.1) is 11.4 Å². The van der Waals surface area contributed by atoms with Crippen molar-refractivity contribution in [3.8, 4) is 22.9 Å². The fourth-order valence-electron chi connectivity index (χ4n) is 3.77. The van der Waals surface area contributed by atoms with E-state index in [-0.39, 0.29) is 5.69 Å². The summed E-state index contributed by atoms with van der Waals surface area (Å²) in [5.74, 6) is 1.89. The highest BCUT2D eigenvalue weighted by Gasteiger charge is 2.17. The van der Waals surface area contributed by atoms with Crippen LogP contribution >= 0.6 is 0 Å². The van der Waals surface area contributed by atoms with Gasteiger partial charge in [0.25, 0.3) is 0 Å². The Morgan fingerprint density at radius 3 is 2.33 bits per heavy atom. The van der Waals surface area contributed by atoms with Gasteiger partial charge in [-0.25, -0.2) is 23.5 Å². The zero-order valence-corrected chi connectivity index (χ0v) is 17.9. The van der Waals surface area contributed by atoms with Crippen molar-refractivity contribution >= 4 is 11.0 Å². The number of para-hydroxylation sites is 2. The van der Waals surface area contributed by atoms with Crippen molar-refractivity contribution in [1.82, 2.24) is 14.1 Å². The van der Waals surface area contributed by atoms with Gasteiger partial charge in [-0.05, 0) is 61.9 Å². The van der Waals surface area contributed by atoms with E-state index in [1.54, 1.807) is 37.3 Å². The molecule has 0 aliphatic carbocycles. The topological polar surface area (TPSA) is 99.2 Å². The maximum atomic E-state index is 13.4. The first kappa shape index (κ1) is 20.3. The quantitative estimate of drug-likeness (QED) is 0.457. The third-order valence-corrected chi connectivity index (χ3v) is 5.28. The minimum absolute atomic E-state index is 0.251. The summed E-state index contributed by atoms with van der Waals surface area (Å²) in [6.45, 7) is 3.59. The molecule has 0 spiro atoms. The van der Waals surface area contributed by atoms with Crippen LogP contribution in [-0.2, 0) is 0 Å². The summed E-state index contributed by atoms with van der Waals surface area (Å²) >= 11 is 0. The molecule has 33 heavy (non-hydrogen) atoms. The highest BCUT2D eigenvalue weighted by atomic mass is 16.5. The molecule has 0 radical (unpaired) electrons. The van der Waals surface area contributed by atoms with Gasteiger partial charge in [-0.15, -0.1) is 0 Å². The van der Waals surface area contributed by atoms with Crippen LogP contribution in [0.4, 0.5) is 0 Å². The molecule has 2 heterocycles. The van der Waals surface area contributed by atoms with Crippen molar-refractivity contribution < 1.29 is 9.15 Å². The monoisotopic (exact) mass is 441 g/mol. The molecule has 8 heteroatoms. The van der Waals surface area contributed by atoms with Gasteiger partial charge in [-0.1, -0.05) is 30.3 Å². The normalized spacial score (nSPS) is 11.1. The highest BCUT2D eigenvalue weighted by Crippen LogP contribution is 2.26. The second kappa shape index (κ2) is 7.83. The van der Waals surface area contributed by atoms with Gasteiger partial charge < -0.3 is 9.15 Å². The Hall–Kier alpha value is -4.59. The van der Waals surface area contributed by atoms with E-state index in [1.807, 2.05) is 49.4 Å². The molecule has 164 valence electrons. The van der Waals surface area contributed by atoms with E-state index in [1.165, 1.54) is 0 Å². The number of aromatic amines is 1. The molecule has 0 aliphatic heterocycles. The summed E-state index contributed by atoms with van der Waals surface area (Å²) in [6.07, 6.45) is 0. The lowest BCUT2D eigenvalue weighted by Gasteiger charge is -2.12. The van der Waals surface area contributed by atoms with Crippen LogP contribution in [0.2, 0.25) is 0 Å². The minimum atomic E-state index is -0.844. The largest absolute Gasteiger partial charge is 0.459 e. The summed E-state index contributed by atoms with van der Waals surface area (Å²) in [6, 6.07) is 21.1. The van der Waals surface area contributed by atoms with Gasteiger partial charge in [0, 0.05) is 5.39 Å². The molecular weight excluding hydrogens is 422 g/mol. The van der Waals surface area contributed by atoms with Crippen LogP contribution in [0.5, 0.6) is 11.5 Å². The number of hydrogen-bond donors (Lipinski definition) is 1. The molecule has 1 N–H and O–H groups in total. The molecular formula is C25H19N3O5. The molecule has 0 atom stereocenters. The summed E-state index contributed by atoms with van der Waals surface area (Å²) in [4.78, 5) is 40.9. The average molecular weight is 441 g/mol. The second-order valence-electron chi connectivity index (χ2n) is 7.61. The van der Waals surface area contributed by atoms with Gasteiger partial charge in [-0.3, -0.25) is 4.98 Å². The summed E-state index contributed by atoms with van der Waals surface area (Å²) in [7, 11) is 0. The molecule has 0 unspecified atom stereocenters. The van der Waals surface area contributed by atoms with Crippen molar-refractivity contribution in [2.45, 2.75) is 13.8 Å². The van der Waals surface area contributed by atoms with Crippen molar-refractivity contribution in [1.29, 1.82) is 0 Å². The number of H-pyrrole nitrogens is 1. The number of furan rings is 1. The number of rotatable bonds is 4. The smallest absolute Gasteiger partial charge is 0.345 e. The minimum Gasteiger partial charge on any atom is -0.459 e. The first-order chi connectivity index (χ1) is 15.9. The molecule has 5 rings (SSSR count). The molecule has 0 saturated heterocycles. The second-order valence-corrected chi connectivity index (χ2v) is 7.61. The van der Waals surface area contributed by atoms with Crippen LogP contribution in [0.3, 0.4) is 0 Å². The van der Waals surface area contributed by atoms with Crippen molar-refractivity contribution in [3.05, 3.63) is 116 Å². The molecule has 5 aromatic rings.